The van der Waals surface area contributed by atoms with Crippen LogP contribution in [0.3, 0.4) is 0 Å². The fraction of sp³-hybridized carbons (Fsp3) is 0.200. The summed E-state index contributed by atoms with van der Waals surface area (Å²) in [5.74, 6) is 0.255. The van der Waals surface area contributed by atoms with Gasteiger partial charge in [-0.25, -0.2) is 4.98 Å². The average molecular weight is 386 g/mol. The number of carbonyl (C=O) groups is 1. The lowest BCUT2D eigenvalue weighted by molar-refractivity contribution is -0.119. The first-order valence-corrected chi connectivity index (χ1v) is 9.68. The van der Waals surface area contributed by atoms with E-state index in [0.717, 1.165) is 21.8 Å². The van der Waals surface area contributed by atoms with E-state index in [2.05, 4.69) is 21.4 Å². The number of para-hydroxylation sites is 2. The first-order chi connectivity index (χ1) is 12.6. The van der Waals surface area contributed by atoms with Gasteiger partial charge in [-0.2, -0.15) is 0 Å². The van der Waals surface area contributed by atoms with Crippen molar-refractivity contribution in [2.75, 3.05) is 5.75 Å². The zero-order valence-corrected chi connectivity index (χ0v) is 16.1. The summed E-state index contributed by atoms with van der Waals surface area (Å²) in [7, 11) is 0. The maximum Gasteiger partial charge on any atom is 0.230 e. The average Bonchev–Trinajstić information content (AvgIpc) is 2.98. The Hall–Kier alpha value is -2.24. The molecule has 1 atom stereocenters. The SMILES string of the molecule is C=CCn1c(SCC(=O)N[C@@H](C)c2cccc(Cl)c2)nc2ccccc21. The van der Waals surface area contributed by atoms with Crippen molar-refractivity contribution in [3.8, 4) is 0 Å². The van der Waals surface area contributed by atoms with Crippen molar-refractivity contribution >= 4 is 40.3 Å². The Kier molecular flexibility index (Phi) is 6.01. The second-order valence-corrected chi connectivity index (χ2v) is 7.29. The molecule has 1 amide bonds. The molecule has 0 unspecified atom stereocenters. The van der Waals surface area contributed by atoms with Gasteiger partial charge in [-0.15, -0.1) is 6.58 Å². The Labute approximate surface area is 162 Å². The van der Waals surface area contributed by atoms with Crippen molar-refractivity contribution in [1.82, 2.24) is 14.9 Å². The number of nitrogens with one attached hydrogen (secondary N) is 1. The maximum absolute atomic E-state index is 12.3. The van der Waals surface area contributed by atoms with Crippen molar-refractivity contribution in [1.29, 1.82) is 0 Å². The molecule has 0 saturated heterocycles. The van der Waals surface area contributed by atoms with Gasteiger partial charge in [-0.1, -0.05) is 53.7 Å². The van der Waals surface area contributed by atoms with Crippen LogP contribution in [0.15, 0.2) is 66.3 Å². The Morgan fingerprint density at radius 2 is 2.15 bits per heavy atom. The molecule has 1 aromatic heterocycles. The van der Waals surface area contributed by atoms with Gasteiger partial charge in [0.15, 0.2) is 5.16 Å². The number of imidazole rings is 1. The molecule has 0 radical (unpaired) electrons. The molecule has 6 heteroatoms. The standard InChI is InChI=1S/C20H20ClN3OS/c1-3-11-24-18-10-5-4-9-17(18)23-20(24)26-13-19(25)22-14(2)15-7-6-8-16(21)12-15/h3-10,12,14H,1,11,13H2,2H3,(H,22,25)/t14-/m0/s1. The highest BCUT2D eigenvalue weighted by Crippen LogP contribution is 2.24. The van der Waals surface area contributed by atoms with E-state index >= 15 is 0 Å². The van der Waals surface area contributed by atoms with Gasteiger partial charge >= 0.3 is 0 Å². The van der Waals surface area contributed by atoms with Gasteiger partial charge in [-0.05, 0) is 36.8 Å². The number of thioether (sulfide) groups is 1. The van der Waals surface area contributed by atoms with Crippen molar-refractivity contribution < 1.29 is 4.79 Å². The lowest BCUT2D eigenvalue weighted by atomic mass is 10.1. The van der Waals surface area contributed by atoms with Crippen molar-refractivity contribution in [3.63, 3.8) is 0 Å². The fourth-order valence-corrected chi connectivity index (χ4v) is 3.78. The minimum absolute atomic E-state index is 0.0420. The van der Waals surface area contributed by atoms with E-state index in [0.29, 0.717) is 17.3 Å². The van der Waals surface area contributed by atoms with Crippen LogP contribution in [0.4, 0.5) is 0 Å². The summed E-state index contributed by atoms with van der Waals surface area (Å²) in [4.78, 5) is 17.0. The van der Waals surface area contributed by atoms with E-state index < -0.39 is 0 Å². The molecule has 0 aliphatic heterocycles. The lowest BCUT2D eigenvalue weighted by Crippen LogP contribution is -2.28. The van der Waals surface area contributed by atoms with Crippen LogP contribution in [0.25, 0.3) is 11.0 Å². The summed E-state index contributed by atoms with van der Waals surface area (Å²) in [6, 6.07) is 15.4. The lowest BCUT2D eigenvalue weighted by Gasteiger charge is -2.14. The number of halogens is 1. The minimum Gasteiger partial charge on any atom is -0.349 e. The zero-order chi connectivity index (χ0) is 18.5. The molecule has 1 N–H and O–H groups in total. The fourth-order valence-electron chi connectivity index (χ4n) is 2.74. The molecule has 0 fully saturated rings. The van der Waals surface area contributed by atoms with Crippen molar-refractivity contribution in [2.45, 2.75) is 24.7 Å². The number of amides is 1. The number of nitrogens with zero attached hydrogens (tertiary/aromatic N) is 2. The van der Waals surface area contributed by atoms with Crippen LogP contribution in [0, 0.1) is 0 Å². The zero-order valence-electron chi connectivity index (χ0n) is 14.5. The largest absolute Gasteiger partial charge is 0.349 e. The summed E-state index contributed by atoms with van der Waals surface area (Å²) in [5.41, 5.74) is 2.95. The quantitative estimate of drug-likeness (QED) is 0.467. The van der Waals surface area contributed by atoms with Crippen molar-refractivity contribution in [2.24, 2.45) is 0 Å². The molecule has 0 saturated carbocycles. The number of aromatic nitrogens is 2. The Morgan fingerprint density at radius 3 is 2.92 bits per heavy atom. The van der Waals surface area contributed by atoms with Crippen molar-refractivity contribution in [3.05, 3.63) is 71.8 Å². The number of benzene rings is 2. The number of hydrogen-bond donors (Lipinski definition) is 1. The minimum atomic E-state index is -0.103. The van der Waals surface area contributed by atoms with E-state index in [4.69, 9.17) is 11.6 Å². The highest BCUT2D eigenvalue weighted by atomic mass is 35.5. The van der Waals surface area contributed by atoms with Crippen LogP contribution >= 0.6 is 23.4 Å². The summed E-state index contributed by atoms with van der Waals surface area (Å²) in [5, 5.41) is 4.48. The summed E-state index contributed by atoms with van der Waals surface area (Å²) in [6.45, 7) is 6.41. The number of fused-ring (bicyclic) bond motifs is 1. The first kappa shape index (κ1) is 18.5. The Morgan fingerprint density at radius 1 is 1.35 bits per heavy atom. The molecule has 3 aromatic rings. The van der Waals surface area contributed by atoms with Gasteiger partial charge in [0.05, 0.1) is 22.8 Å². The number of allylic oxidation sites excluding steroid dienone is 1. The van der Waals surface area contributed by atoms with Gasteiger partial charge < -0.3 is 9.88 Å². The normalized spacial score (nSPS) is 12.1. The van der Waals surface area contributed by atoms with Crippen LogP contribution in [-0.4, -0.2) is 21.2 Å². The molecular weight excluding hydrogens is 366 g/mol. The van der Waals surface area contributed by atoms with Gasteiger partial charge in [0.25, 0.3) is 0 Å². The molecule has 26 heavy (non-hydrogen) atoms. The third-order valence-electron chi connectivity index (χ3n) is 3.99. The van der Waals surface area contributed by atoms with Gasteiger partial charge in [-0.3, -0.25) is 4.79 Å². The molecule has 0 aliphatic carbocycles. The monoisotopic (exact) mass is 385 g/mol. The molecule has 3 rings (SSSR count). The van der Waals surface area contributed by atoms with E-state index in [-0.39, 0.29) is 11.9 Å². The van der Waals surface area contributed by atoms with E-state index in [9.17, 15) is 4.79 Å². The number of hydrogen-bond acceptors (Lipinski definition) is 3. The molecule has 2 aromatic carbocycles. The number of rotatable bonds is 7. The van der Waals surface area contributed by atoms with Crippen LogP contribution in [0.5, 0.6) is 0 Å². The molecule has 0 aliphatic rings. The molecule has 1 heterocycles. The topological polar surface area (TPSA) is 46.9 Å². The van der Waals surface area contributed by atoms with Gasteiger partial charge in [0.2, 0.25) is 5.91 Å². The first-order valence-electron chi connectivity index (χ1n) is 8.32. The van der Waals surface area contributed by atoms with Gasteiger partial charge in [0, 0.05) is 11.6 Å². The number of carbonyl (C=O) groups excluding carboxylic acids is 1. The Balaban J connectivity index is 1.67. The second kappa shape index (κ2) is 8.43. The molecule has 4 nitrogen and oxygen atoms in total. The molecule has 0 spiro atoms. The second-order valence-electron chi connectivity index (χ2n) is 5.92. The van der Waals surface area contributed by atoms with Crippen LogP contribution < -0.4 is 5.32 Å². The predicted octanol–water partition coefficient (Wildman–Crippen LogP) is 4.85. The van der Waals surface area contributed by atoms with E-state index in [1.165, 1.54) is 11.8 Å². The maximum atomic E-state index is 12.3. The molecule has 0 bridgehead atoms. The van der Waals surface area contributed by atoms with E-state index in [1.807, 2.05) is 61.5 Å². The summed E-state index contributed by atoms with van der Waals surface area (Å²) < 4.78 is 2.07. The predicted molar refractivity (Wildman–Crippen MR) is 109 cm³/mol. The van der Waals surface area contributed by atoms with Crippen LogP contribution in [-0.2, 0) is 11.3 Å². The van der Waals surface area contributed by atoms with Crippen LogP contribution in [0.1, 0.15) is 18.5 Å². The van der Waals surface area contributed by atoms with Crippen LogP contribution in [0.2, 0.25) is 5.02 Å². The summed E-state index contributed by atoms with van der Waals surface area (Å²) >= 11 is 7.44. The Bertz CT molecular complexity index is 938. The van der Waals surface area contributed by atoms with Gasteiger partial charge in [0.1, 0.15) is 0 Å². The third-order valence-corrected chi connectivity index (χ3v) is 5.20. The highest BCUT2D eigenvalue weighted by molar-refractivity contribution is 7.99. The third kappa shape index (κ3) is 4.29. The molecule has 134 valence electrons. The summed E-state index contributed by atoms with van der Waals surface area (Å²) in [6.07, 6.45) is 1.83. The molecular formula is C20H20ClN3OS. The highest BCUT2D eigenvalue weighted by Gasteiger charge is 2.14. The smallest absolute Gasteiger partial charge is 0.230 e. The van der Waals surface area contributed by atoms with E-state index in [1.54, 1.807) is 0 Å².